The van der Waals surface area contributed by atoms with E-state index in [1.807, 2.05) is 0 Å². The van der Waals surface area contributed by atoms with Crippen molar-refractivity contribution in [3.63, 3.8) is 0 Å². The molecule has 0 bridgehead atoms. The topological polar surface area (TPSA) is 96.4 Å². The summed E-state index contributed by atoms with van der Waals surface area (Å²) in [6.45, 7) is 1.59. The maximum Gasteiger partial charge on any atom is 0.252 e. The van der Waals surface area contributed by atoms with Gasteiger partial charge in [-0.05, 0) is 49.4 Å². The fourth-order valence-electron chi connectivity index (χ4n) is 3.03. The largest absolute Gasteiger partial charge is 0.395 e. The number of nitrogens with zero attached hydrogens (tertiary/aromatic N) is 1. The molecule has 31 heavy (non-hydrogen) atoms. The zero-order chi connectivity index (χ0) is 22.6. The number of amides is 1. The molecule has 3 rings (SSSR count). The number of hydrogen-bond donors (Lipinski definition) is 2. The van der Waals surface area contributed by atoms with E-state index in [1.165, 1.54) is 24.3 Å². The minimum atomic E-state index is -4.21. The molecular formula is C22H20F2N2O4S. The minimum absolute atomic E-state index is 0.0412. The van der Waals surface area contributed by atoms with Gasteiger partial charge in [0.05, 0.1) is 22.8 Å². The van der Waals surface area contributed by atoms with Crippen molar-refractivity contribution in [1.29, 1.82) is 0 Å². The van der Waals surface area contributed by atoms with E-state index in [4.69, 9.17) is 5.11 Å². The summed E-state index contributed by atoms with van der Waals surface area (Å²) in [6.07, 6.45) is 1.15. The van der Waals surface area contributed by atoms with Crippen LogP contribution in [0.4, 0.5) is 8.78 Å². The lowest BCUT2D eigenvalue weighted by atomic mass is 10.1. The molecular weight excluding hydrogens is 426 g/mol. The Morgan fingerprint density at radius 3 is 2.42 bits per heavy atom. The summed E-state index contributed by atoms with van der Waals surface area (Å²) in [5.41, 5.74) is 0.515. The lowest BCUT2D eigenvalue weighted by molar-refractivity contribution is 0.0944. The highest BCUT2D eigenvalue weighted by Crippen LogP contribution is 2.36. The molecule has 2 N–H and O–H groups in total. The van der Waals surface area contributed by atoms with Crippen molar-refractivity contribution in [2.24, 2.45) is 0 Å². The van der Waals surface area contributed by atoms with Crippen LogP contribution in [0.15, 0.2) is 65.7 Å². The lowest BCUT2D eigenvalue weighted by Gasteiger charge is -2.19. The molecule has 0 spiro atoms. The van der Waals surface area contributed by atoms with Crippen LogP contribution in [0.25, 0.3) is 0 Å². The minimum Gasteiger partial charge on any atom is -0.395 e. The number of rotatable bonds is 7. The average Bonchev–Trinajstić information content (AvgIpc) is 2.75. The van der Waals surface area contributed by atoms with Crippen LogP contribution >= 0.6 is 0 Å². The van der Waals surface area contributed by atoms with E-state index in [9.17, 15) is 22.0 Å². The Balaban J connectivity index is 2.12. The number of carbonyl (C=O) groups excluding carboxylic acids is 1. The fraction of sp³-hybridized carbons (Fsp3) is 0.182. The van der Waals surface area contributed by atoms with Crippen LogP contribution in [-0.2, 0) is 9.84 Å². The number of benzene rings is 2. The number of hydrogen-bond acceptors (Lipinski definition) is 5. The third-order valence-corrected chi connectivity index (χ3v) is 6.66. The van der Waals surface area contributed by atoms with Gasteiger partial charge in [0.25, 0.3) is 5.91 Å². The van der Waals surface area contributed by atoms with Crippen LogP contribution in [0.1, 0.15) is 32.4 Å². The summed E-state index contributed by atoms with van der Waals surface area (Å²) in [4.78, 5) is 16.0. The number of nitrogens with one attached hydrogen (secondary N) is 1. The van der Waals surface area contributed by atoms with Crippen LogP contribution in [0.3, 0.4) is 0 Å². The first kappa shape index (κ1) is 22.5. The second-order valence-electron chi connectivity index (χ2n) is 6.86. The van der Waals surface area contributed by atoms with Crippen molar-refractivity contribution in [1.82, 2.24) is 10.3 Å². The van der Waals surface area contributed by atoms with Gasteiger partial charge in [0, 0.05) is 18.3 Å². The third kappa shape index (κ3) is 4.95. The Morgan fingerprint density at radius 1 is 1.10 bits per heavy atom. The van der Waals surface area contributed by atoms with Crippen LogP contribution in [0.2, 0.25) is 0 Å². The van der Waals surface area contributed by atoms with E-state index in [2.05, 4.69) is 10.3 Å². The molecule has 0 saturated heterocycles. The molecule has 0 aliphatic rings. The van der Waals surface area contributed by atoms with Crippen LogP contribution in [0, 0.1) is 18.6 Å². The number of pyridine rings is 1. The number of carbonyl (C=O) groups is 1. The average molecular weight is 446 g/mol. The first-order valence-corrected chi connectivity index (χ1v) is 10.9. The van der Waals surface area contributed by atoms with Crippen molar-refractivity contribution < 1.29 is 27.1 Å². The molecule has 0 aliphatic carbocycles. The molecule has 162 valence electrons. The highest BCUT2D eigenvalue weighted by atomic mass is 32.2. The SMILES string of the molecule is Cc1ccc(S(=O)(=O)C(c2ccc(C(=O)NCCO)cn2)c2cc(F)ccc2F)cc1. The van der Waals surface area contributed by atoms with Gasteiger partial charge in [-0.2, -0.15) is 0 Å². The summed E-state index contributed by atoms with van der Waals surface area (Å²) >= 11 is 0. The normalized spacial score (nSPS) is 12.4. The molecule has 0 fully saturated rings. The monoisotopic (exact) mass is 446 g/mol. The number of aliphatic hydroxyl groups is 1. The van der Waals surface area contributed by atoms with E-state index in [0.29, 0.717) is 0 Å². The highest BCUT2D eigenvalue weighted by molar-refractivity contribution is 7.91. The number of sulfone groups is 1. The van der Waals surface area contributed by atoms with Gasteiger partial charge in [-0.3, -0.25) is 9.78 Å². The van der Waals surface area contributed by atoms with Crippen molar-refractivity contribution in [2.75, 3.05) is 13.2 Å². The molecule has 0 aliphatic heterocycles. The molecule has 6 nitrogen and oxygen atoms in total. The summed E-state index contributed by atoms with van der Waals surface area (Å²) in [7, 11) is -4.21. The summed E-state index contributed by atoms with van der Waals surface area (Å²) < 4.78 is 55.4. The van der Waals surface area contributed by atoms with Gasteiger partial charge < -0.3 is 10.4 Å². The Kier molecular flexibility index (Phi) is 6.77. The van der Waals surface area contributed by atoms with E-state index < -0.39 is 32.6 Å². The van der Waals surface area contributed by atoms with Crippen molar-refractivity contribution in [2.45, 2.75) is 17.1 Å². The quantitative estimate of drug-likeness (QED) is 0.582. The standard InChI is InChI=1S/C22H20F2N2O4S/c1-14-2-6-17(7-3-14)31(29,30)21(18-12-16(23)5-8-19(18)24)20-9-4-15(13-26-20)22(28)25-10-11-27/h2-9,12-13,21,27H,10-11H2,1H3,(H,25,28). The van der Waals surface area contributed by atoms with Crippen molar-refractivity contribution in [3.8, 4) is 0 Å². The van der Waals surface area contributed by atoms with Gasteiger partial charge in [-0.25, -0.2) is 17.2 Å². The summed E-state index contributed by atoms with van der Waals surface area (Å²) in [5.74, 6) is -2.20. The number of halogens is 2. The molecule has 0 saturated carbocycles. The fourth-order valence-corrected chi connectivity index (χ4v) is 4.79. The van der Waals surface area contributed by atoms with Crippen LogP contribution in [-0.4, -0.2) is 37.6 Å². The van der Waals surface area contributed by atoms with E-state index in [0.717, 1.165) is 30.0 Å². The Hall–Kier alpha value is -3.17. The Labute approximate surface area is 178 Å². The molecule has 2 aromatic carbocycles. The molecule has 0 radical (unpaired) electrons. The second kappa shape index (κ2) is 9.32. The van der Waals surface area contributed by atoms with Gasteiger partial charge in [-0.1, -0.05) is 17.7 Å². The van der Waals surface area contributed by atoms with Crippen LogP contribution in [0.5, 0.6) is 0 Å². The van der Waals surface area contributed by atoms with E-state index >= 15 is 0 Å². The van der Waals surface area contributed by atoms with Gasteiger partial charge >= 0.3 is 0 Å². The number of aromatic nitrogens is 1. The Morgan fingerprint density at radius 2 is 1.81 bits per heavy atom. The first-order chi connectivity index (χ1) is 14.7. The highest BCUT2D eigenvalue weighted by Gasteiger charge is 2.34. The maximum atomic E-state index is 14.6. The molecule has 1 unspecified atom stereocenters. The van der Waals surface area contributed by atoms with E-state index in [-0.39, 0.29) is 34.9 Å². The van der Waals surface area contributed by atoms with E-state index in [1.54, 1.807) is 19.1 Å². The maximum absolute atomic E-state index is 14.6. The van der Waals surface area contributed by atoms with Gasteiger partial charge in [0.1, 0.15) is 16.9 Å². The van der Waals surface area contributed by atoms with Gasteiger partial charge in [0.15, 0.2) is 9.84 Å². The smallest absolute Gasteiger partial charge is 0.252 e. The zero-order valence-electron chi connectivity index (χ0n) is 16.5. The predicted octanol–water partition coefficient (Wildman–Crippen LogP) is 2.95. The van der Waals surface area contributed by atoms with Crippen LogP contribution < -0.4 is 5.32 Å². The van der Waals surface area contributed by atoms with Crippen molar-refractivity contribution in [3.05, 3.63) is 94.8 Å². The lowest BCUT2D eigenvalue weighted by Crippen LogP contribution is -2.26. The molecule has 9 heteroatoms. The zero-order valence-corrected chi connectivity index (χ0v) is 17.4. The van der Waals surface area contributed by atoms with Crippen molar-refractivity contribution >= 4 is 15.7 Å². The number of aryl methyl sites for hydroxylation is 1. The van der Waals surface area contributed by atoms with Gasteiger partial charge in [-0.15, -0.1) is 0 Å². The molecule has 1 amide bonds. The first-order valence-electron chi connectivity index (χ1n) is 9.34. The Bertz CT molecular complexity index is 1180. The second-order valence-corrected chi connectivity index (χ2v) is 8.89. The number of aliphatic hydroxyl groups excluding tert-OH is 1. The molecule has 3 aromatic rings. The molecule has 1 aromatic heterocycles. The summed E-state index contributed by atoms with van der Waals surface area (Å²) in [5, 5.41) is 9.63. The third-order valence-electron chi connectivity index (χ3n) is 4.61. The predicted molar refractivity (Wildman–Crippen MR) is 110 cm³/mol. The molecule has 1 heterocycles. The summed E-state index contributed by atoms with van der Waals surface area (Å²) in [6, 6.07) is 11.2. The van der Waals surface area contributed by atoms with Gasteiger partial charge in [0.2, 0.25) is 0 Å². The molecule has 1 atom stereocenters.